The van der Waals surface area contributed by atoms with Gasteiger partial charge in [-0.2, -0.15) is 0 Å². The number of carbonyl (C=O) groups is 1. The summed E-state index contributed by atoms with van der Waals surface area (Å²) < 4.78 is 43.7. The van der Waals surface area contributed by atoms with Crippen molar-refractivity contribution in [3.8, 4) is 0 Å². The first-order chi connectivity index (χ1) is 15.9. The Balaban J connectivity index is 1.96. The van der Waals surface area contributed by atoms with Crippen molar-refractivity contribution in [2.45, 2.75) is 39.5 Å². The van der Waals surface area contributed by atoms with Gasteiger partial charge >= 0.3 is 0 Å². The van der Waals surface area contributed by atoms with E-state index in [4.69, 9.17) is 23.2 Å². The third-order valence-electron chi connectivity index (χ3n) is 5.76. The number of rotatable bonds is 7. The Morgan fingerprint density at radius 1 is 0.853 bits per heavy atom. The zero-order chi connectivity index (χ0) is 25.2. The Kier molecular flexibility index (Phi) is 8.16. The molecule has 3 aromatic carbocycles. The van der Waals surface area contributed by atoms with Gasteiger partial charge in [0.2, 0.25) is 0 Å². The lowest BCUT2D eigenvalue weighted by molar-refractivity contribution is 0.0734. The van der Waals surface area contributed by atoms with Crippen molar-refractivity contribution in [2.24, 2.45) is 0 Å². The highest BCUT2D eigenvalue weighted by molar-refractivity contribution is 6.88. The van der Waals surface area contributed by atoms with Crippen molar-refractivity contribution in [1.82, 2.24) is 4.90 Å². The summed E-state index contributed by atoms with van der Waals surface area (Å²) in [5.74, 6) is -4.72. The molecule has 3 rings (SSSR count). The first-order valence-corrected chi connectivity index (χ1v) is 15.1. The van der Waals surface area contributed by atoms with Gasteiger partial charge in [0.15, 0.2) is 11.6 Å². The second kappa shape index (κ2) is 10.5. The molecule has 0 saturated heterocycles. The maximum atomic E-state index is 14.8. The summed E-state index contributed by atoms with van der Waals surface area (Å²) in [6.45, 7) is 8.14. The zero-order valence-electron chi connectivity index (χ0n) is 19.5. The van der Waals surface area contributed by atoms with Crippen LogP contribution in [-0.4, -0.2) is 25.4 Å². The molecule has 0 bridgehead atoms. The van der Waals surface area contributed by atoms with Crippen LogP contribution in [0, 0.1) is 24.4 Å². The van der Waals surface area contributed by atoms with Crippen LogP contribution in [0.3, 0.4) is 0 Å². The van der Waals surface area contributed by atoms with Crippen molar-refractivity contribution >= 4 is 42.4 Å². The van der Waals surface area contributed by atoms with Crippen LogP contribution in [0.4, 0.5) is 13.2 Å². The van der Waals surface area contributed by atoms with Gasteiger partial charge in [-0.15, -0.1) is 0 Å². The van der Waals surface area contributed by atoms with Gasteiger partial charge in [-0.3, -0.25) is 4.79 Å². The van der Waals surface area contributed by atoms with E-state index in [-0.39, 0.29) is 13.1 Å². The number of halogens is 5. The Hall–Kier alpha value is -2.28. The Bertz CT molecular complexity index is 1160. The number of carbonyl (C=O) groups excluding carboxylic acids is 1. The van der Waals surface area contributed by atoms with Crippen LogP contribution < -0.4 is 5.19 Å². The van der Waals surface area contributed by atoms with Crippen molar-refractivity contribution in [2.75, 3.05) is 6.54 Å². The molecular weight excluding hydrogens is 498 g/mol. The molecule has 0 N–H and O–H groups in total. The Morgan fingerprint density at radius 3 is 1.97 bits per heavy atom. The number of amides is 1. The molecule has 0 spiro atoms. The molecule has 34 heavy (non-hydrogen) atoms. The molecule has 8 heteroatoms. The SMILES string of the molecule is Cc1c(F)c(Cl)c(F)c(C(=O)N(CCc2ccc(Cl)cc2)Cc2ccc([Si](C)(C)C)cc2)c1F. The fourth-order valence-corrected chi connectivity index (χ4v) is 5.12. The van der Waals surface area contributed by atoms with E-state index in [9.17, 15) is 18.0 Å². The standard InChI is InChI=1S/C26H26Cl2F3NOSi/c1-16-23(29)21(25(31)22(28)24(16)30)26(33)32(14-13-17-5-9-19(27)10-6-17)15-18-7-11-20(12-8-18)34(2,3)4/h5-12H,13-15H2,1-4H3. The van der Waals surface area contributed by atoms with Crippen LogP contribution >= 0.6 is 23.2 Å². The van der Waals surface area contributed by atoms with Gasteiger partial charge in [-0.05, 0) is 36.6 Å². The zero-order valence-corrected chi connectivity index (χ0v) is 22.0. The van der Waals surface area contributed by atoms with E-state index in [0.717, 1.165) is 18.1 Å². The molecule has 0 aromatic heterocycles. The summed E-state index contributed by atoms with van der Waals surface area (Å²) in [6, 6.07) is 15.0. The minimum atomic E-state index is -1.51. The van der Waals surface area contributed by atoms with Crippen molar-refractivity contribution < 1.29 is 18.0 Å². The van der Waals surface area contributed by atoms with Gasteiger partial charge in [0.05, 0.1) is 8.07 Å². The molecule has 1 amide bonds. The summed E-state index contributed by atoms with van der Waals surface area (Å²) in [4.78, 5) is 14.7. The molecule has 0 aliphatic carbocycles. The summed E-state index contributed by atoms with van der Waals surface area (Å²) in [7, 11) is -1.51. The van der Waals surface area contributed by atoms with E-state index in [1.807, 2.05) is 36.4 Å². The van der Waals surface area contributed by atoms with Crippen LogP contribution in [0.5, 0.6) is 0 Å². The van der Waals surface area contributed by atoms with Gasteiger partial charge < -0.3 is 4.90 Å². The van der Waals surface area contributed by atoms with Crippen LogP contribution in [0.1, 0.15) is 27.0 Å². The van der Waals surface area contributed by atoms with Gasteiger partial charge in [0, 0.05) is 23.7 Å². The largest absolute Gasteiger partial charge is 0.334 e. The van der Waals surface area contributed by atoms with Gasteiger partial charge in [-0.1, -0.05) is 84.4 Å². The molecule has 0 radical (unpaired) electrons. The topological polar surface area (TPSA) is 20.3 Å². The monoisotopic (exact) mass is 523 g/mol. The quantitative estimate of drug-likeness (QED) is 0.183. The molecule has 3 aromatic rings. The average Bonchev–Trinajstić information content (AvgIpc) is 2.80. The fraction of sp³-hybridized carbons (Fsp3) is 0.269. The number of nitrogens with zero attached hydrogens (tertiary/aromatic N) is 1. The lowest BCUT2D eigenvalue weighted by Gasteiger charge is -2.25. The van der Waals surface area contributed by atoms with Crippen molar-refractivity contribution in [3.63, 3.8) is 0 Å². The lowest BCUT2D eigenvalue weighted by atomic mass is 10.1. The Morgan fingerprint density at radius 2 is 1.41 bits per heavy atom. The number of benzene rings is 3. The summed E-state index contributed by atoms with van der Waals surface area (Å²) in [6.07, 6.45) is 0.438. The van der Waals surface area contributed by atoms with E-state index < -0.39 is 47.6 Å². The summed E-state index contributed by atoms with van der Waals surface area (Å²) >= 11 is 11.7. The summed E-state index contributed by atoms with van der Waals surface area (Å²) in [5, 5.41) is 0.951. The molecule has 0 saturated carbocycles. The predicted octanol–water partition coefficient (Wildman–Crippen LogP) is 7.15. The fourth-order valence-electron chi connectivity index (χ4n) is 3.59. The molecule has 0 unspecified atom stereocenters. The van der Waals surface area contributed by atoms with E-state index in [2.05, 4.69) is 19.6 Å². The third kappa shape index (κ3) is 5.85. The molecule has 0 aliphatic rings. The Labute approximate surface area is 209 Å². The van der Waals surface area contributed by atoms with Gasteiger partial charge in [-0.25, -0.2) is 13.2 Å². The minimum Gasteiger partial charge on any atom is -0.334 e. The molecule has 0 heterocycles. The van der Waals surface area contributed by atoms with Gasteiger partial charge in [0.25, 0.3) is 5.91 Å². The average molecular weight is 524 g/mol. The second-order valence-electron chi connectivity index (χ2n) is 9.31. The first-order valence-electron chi connectivity index (χ1n) is 10.9. The highest BCUT2D eigenvalue weighted by atomic mass is 35.5. The van der Waals surface area contributed by atoms with E-state index in [0.29, 0.717) is 11.4 Å². The van der Waals surface area contributed by atoms with Crippen LogP contribution in [0.2, 0.25) is 29.7 Å². The first kappa shape index (κ1) is 26.3. The highest BCUT2D eigenvalue weighted by Crippen LogP contribution is 2.29. The highest BCUT2D eigenvalue weighted by Gasteiger charge is 2.29. The van der Waals surface area contributed by atoms with Gasteiger partial charge in [0.1, 0.15) is 16.4 Å². The summed E-state index contributed by atoms with van der Waals surface area (Å²) in [5.41, 5.74) is 0.383. The second-order valence-corrected chi connectivity index (χ2v) is 15.2. The number of hydrogen-bond donors (Lipinski definition) is 0. The smallest absolute Gasteiger partial charge is 0.260 e. The molecular formula is C26H26Cl2F3NOSi. The maximum absolute atomic E-state index is 14.8. The van der Waals surface area contributed by atoms with Crippen molar-refractivity contribution in [1.29, 1.82) is 0 Å². The predicted molar refractivity (Wildman–Crippen MR) is 135 cm³/mol. The molecule has 0 atom stereocenters. The van der Waals surface area contributed by atoms with E-state index in [1.54, 1.807) is 12.1 Å². The molecule has 0 aliphatic heterocycles. The molecule has 0 fully saturated rings. The third-order valence-corrected chi connectivity index (χ3v) is 8.41. The van der Waals surface area contributed by atoms with Crippen LogP contribution in [-0.2, 0) is 13.0 Å². The van der Waals surface area contributed by atoms with Crippen LogP contribution in [0.15, 0.2) is 48.5 Å². The van der Waals surface area contributed by atoms with E-state index in [1.165, 1.54) is 10.1 Å². The van der Waals surface area contributed by atoms with Crippen LogP contribution in [0.25, 0.3) is 0 Å². The maximum Gasteiger partial charge on any atom is 0.260 e. The number of hydrogen-bond acceptors (Lipinski definition) is 1. The molecule has 180 valence electrons. The normalized spacial score (nSPS) is 11.6. The molecule has 2 nitrogen and oxygen atoms in total. The minimum absolute atomic E-state index is 0.130. The van der Waals surface area contributed by atoms with E-state index >= 15 is 0 Å². The van der Waals surface area contributed by atoms with Crippen molar-refractivity contribution in [3.05, 3.63) is 98.3 Å². The lowest BCUT2D eigenvalue weighted by Crippen LogP contribution is -2.37.